The molecule has 0 unspecified atom stereocenters. The number of aliphatic hydroxyl groups excluding tert-OH is 1. The Kier molecular flexibility index (Phi) is 3.24. The van der Waals surface area contributed by atoms with Crippen molar-refractivity contribution in [2.24, 2.45) is 5.92 Å². The lowest BCUT2D eigenvalue weighted by atomic mass is 10.4. The molecule has 1 amide bonds. The molecule has 1 aromatic rings. The summed E-state index contributed by atoms with van der Waals surface area (Å²) in [5, 5.41) is 13.0. The summed E-state index contributed by atoms with van der Waals surface area (Å²) < 4.78 is 1.83. The van der Waals surface area contributed by atoms with Crippen LogP contribution in [0.1, 0.15) is 23.3 Å². The van der Waals surface area contributed by atoms with E-state index < -0.39 is 0 Å². The number of rotatable bonds is 5. The van der Waals surface area contributed by atoms with E-state index in [2.05, 4.69) is 5.10 Å². The van der Waals surface area contributed by atoms with Gasteiger partial charge in [-0.15, -0.1) is 0 Å². The van der Waals surface area contributed by atoms with Gasteiger partial charge in [0.1, 0.15) is 5.69 Å². The van der Waals surface area contributed by atoms with Gasteiger partial charge in [-0.2, -0.15) is 5.10 Å². The molecule has 0 radical (unpaired) electrons. The summed E-state index contributed by atoms with van der Waals surface area (Å²) in [4.78, 5) is 13.3. The first-order valence-corrected chi connectivity index (χ1v) is 5.60. The van der Waals surface area contributed by atoms with Crippen molar-refractivity contribution in [3.63, 3.8) is 0 Å². The van der Waals surface area contributed by atoms with Crippen molar-refractivity contribution in [3.05, 3.63) is 18.0 Å². The average molecular weight is 223 g/mol. The van der Waals surface area contributed by atoms with Gasteiger partial charge in [0.05, 0.1) is 6.61 Å². The molecule has 0 saturated heterocycles. The average Bonchev–Trinajstić information content (AvgIpc) is 2.94. The number of carbonyl (C=O) groups excluding carboxylic acids is 1. The molecular formula is C11H17N3O2. The predicted molar refractivity (Wildman–Crippen MR) is 59.0 cm³/mol. The highest BCUT2D eigenvalue weighted by atomic mass is 16.3. The summed E-state index contributed by atoms with van der Waals surface area (Å²) in [5.74, 6) is 0.613. The van der Waals surface area contributed by atoms with Gasteiger partial charge >= 0.3 is 0 Å². The number of nitrogens with zero attached hydrogens (tertiary/aromatic N) is 3. The van der Waals surface area contributed by atoms with Crippen LogP contribution in [0.5, 0.6) is 0 Å². The first kappa shape index (κ1) is 11.1. The molecule has 0 spiro atoms. The molecule has 2 rings (SSSR count). The lowest BCUT2D eigenvalue weighted by Crippen LogP contribution is -2.29. The van der Waals surface area contributed by atoms with Gasteiger partial charge < -0.3 is 10.0 Å². The summed E-state index contributed by atoms with van der Waals surface area (Å²) in [5.41, 5.74) is 0.455. The van der Waals surface area contributed by atoms with E-state index >= 15 is 0 Å². The Labute approximate surface area is 94.7 Å². The van der Waals surface area contributed by atoms with E-state index in [1.54, 1.807) is 13.1 Å². The fourth-order valence-corrected chi connectivity index (χ4v) is 1.59. The molecule has 1 aliphatic rings. The van der Waals surface area contributed by atoms with Crippen LogP contribution in [-0.4, -0.2) is 45.9 Å². The van der Waals surface area contributed by atoms with Crippen molar-refractivity contribution >= 4 is 5.91 Å². The number of hydrogen-bond donors (Lipinski definition) is 1. The van der Waals surface area contributed by atoms with Gasteiger partial charge in [-0.05, 0) is 24.8 Å². The van der Waals surface area contributed by atoms with Crippen molar-refractivity contribution in [2.75, 3.05) is 20.2 Å². The Morgan fingerprint density at radius 2 is 2.44 bits per heavy atom. The van der Waals surface area contributed by atoms with Crippen LogP contribution in [0.15, 0.2) is 12.3 Å². The van der Waals surface area contributed by atoms with Crippen molar-refractivity contribution in [1.29, 1.82) is 0 Å². The molecule has 5 nitrogen and oxygen atoms in total. The van der Waals surface area contributed by atoms with E-state index in [1.165, 1.54) is 17.7 Å². The minimum absolute atomic E-state index is 0.0228. The van der Waals surface area contributed by atoms with Crippen LogP contribution < -0.4 is 0 Å². The Balaban J connectivity index is 1.96. The third kappa shape index (κ3) is 2.61. The van der Waals surface area contributed by atoms with Gasteiger partial charge in [0.25, 0.3) is 5.91 Å². The van der Waals surface area contributed by atoms with Crippen molar-refractivity contribution in [2.45, 2.75) is 19.4 Å². The molecule has 1 aliphatic carbocycles. The van der Waals surface area contributed by atoms with E-state index in [1.807, 2.05) is 10.9 Å². The number of hydrogen-bond acceptors (Lipinski definition) is 3. The molecule has 0 aliphatic heterocycles. The summed E-state index contributed by atoms with van der Waals surface area (Å²) in [6, 6.07) is 1.73. The number of carbonyl (C=O) groups is 1. The first-order valence-electron chi connectivity index (χ1n) is 5.60. The summed E-state index contributed by atoms with van der Waals surface area (Å²) in [6.07, 6.45) is 4.39. The SMILES string of the molecule is CN(CCO)C(=O)c1ccn(CC2CC2)n1. The maximum atomic E-state index is 11.8. The Bertz CT molecular complexity index is 371. The second kappa shape index (κ2) is 4.65. The van der Waals surface area contributed by atoms with Gasteiger partial charge in [-0.3, -0.25) is 9.48 Å². The van der Waals surface area contributed by atoms with Crippen LogP contribution in [0.3, 0.4) is 0 Å². The fourth-order valence-electron chi connectivity index (χ4n) is 1.59. The molecule has 1 N–H and O–H groups in total. The predicted octanol–water partition coefficient (Wildman–Crippen LogP) is 0.357. The zero-order valence-corrected chi connectivity index (χ0v) is 9.46. The molecule has 16 heavy (non-hydrogen) atoms. The van der Waals surface area contributed by atoms with E-state index in [-0.39, 0.29) is 12.5 Å². The van der Waals surface area contributed by atoms with Gasteiger partial charge in [0.2, 0.25) is 0 Å². The number of aromatic nitrogens is 2. The minimum Gasteiger partial charge on any atom is -0.395 e. The van der Waals surface area contributed by atoms with Crippen molar-refractivity contribution in [3.8, 4) is 0 Å². The molecule has 1 fully saturated rings. The Morgan fingerprint density at radius 3 is 3.06 bits per heavy atom. The fraction of sp³-hybridized carbons (Fsp3) is 0.636. The zero-order valence-electron chi connectivity index (χ0n) is 9.46. The standard InChI is InChI=1S/C11H17N3O2/c1-13(6-7-15)11(16)10-4-5-14(12-10)8-9-2-3-9/h4-5,9,15H,2-3,6-8H2,1H3. The van der Waals surface area contributed by atoms with Crippen LogP contribution in [0.2, 0.25) is 0 Å². The van der Waals surface area contributed by atoms with Crippen LogP contribution in [-0.2, 0) is 6.54 Å². The van der Waals surface area contributed by atoms with Crippen LogP contribution in [0.4, 0.5) is 0 Å². The van der Waals surface area contributed by atoms with E-state index in [0.29, 0.717) is 12.2 Å². The van der Waals surface area contributed by atoms with E-state index in [4.69, 9.17) is 5.11 Å². The monoisotopic (exact) mass is 223 g/mol. The Morgan fingerprint density at radius 1 is 1.69 bits per heavy atom. The number of likely N-dealkylation sites (N-methyl/N-ethyl adjacent to an activating group) is 1. The van der Waals surface area contributed by atoms with Gasteiger partial charge in [0, 0.05) is 26.3 Å². The van der Waals surface area contributed by atoms with Crippen LogP contribution in [0, 0.1) is 5.92 Å². The second-order valence-electron chi connectivity index (χ2n) is 4.32. The van der Waals surface area contributed by atoms with Gasteiger partial charge in [-0.25, -0.2) is 0 Å². The third-order valence-electron chi connectivity index (χ3n) is 2.78. The first-order chi connectivity index (χ1) is 7.70. The molecule has 0 aromatic carbocycles. The molecule has 0 bridgehead atoms. The van der Waals surface area contributed by atoms with Gasteiger partial charge in [0.15, 0.2) is 0 Å². The third-order valence-corrected chi connectivity index (χ3v) is 2.78. The molecular weight excluding hydrogens is 206 g/mol. The molecule has 1 heterocycles. The molecule has 1 aromatic heterocycles. The lowest BCUT2D eigenvalue weighted by Gasteiger charge is -2.13. The van der Waals surface area contributed by atoms with Crippen LogP contribution >= 0.6 is 0 Å². The van der Waals surface area contributed by atoms with Crippen molar-refractivity contribution < 1.29 is 9.90 Å². The smallest absolute Gasteiger partial charge is 0.274 e. The maximum Gasteiger partial charge on any atom is 0.274 e. The highest BCUT2D eigenvalue weighted by Gasteiger charge is 2.22. The lowest BCUT2D eigenvalue weighted by molar-refractivity contribution is 0.0760. The molecule has 0 atom stereocenters. The quantitative estimate of drug-likeness (QED) is 0.784. The Hall–Kier alpha value is -1.36. The summed E-state index contributed by atoms with van der Waals surface area (Å²) in [6.45, 7) is 1.23. The van der Waals surface area contributed by atoms with Gasteiger partial charge in [-0.1, -0.05) is 0 Å². The zero-order chi connectivity index (χ0) is 11.5. The highest BCUT2D eigenvalue weighted by molar-refractivity contribution is 5.91. The molecule has 88 valence electrons. The topological polar surface area (TPSA) is 58.4 Å². The minimum atomic E-state index is -0.136. The number of amides is 1. The normalized spacial score (nSPS) is 15.1. The highest BCUT2D eigenvalue weighted by Crippen LogP contribution is 2.30. The largest absolute Gasteiger partial charge is 0.395 e. The van der Waals surface area contributed by atoms with E-state index in [9.17, 15) is 4.79 Å². The van der Waals surface area contributed by atoms with E-state index in [0.717, 1.165) is 12.5 Å². The second-order valence-corrected chi connectivity index (χ2v) is 4.32. The van der Waals surface area contributed by atoms with Crippen molar-refractivity contribution in [1.82, 2.24) is 14.7 Å². The van der Waals surface area contributed by atoms with Crippen LogP contribution in [0.25, 0.3) is 0 Å². The molecule has 1 saturated carbocycles. The maximum absolute atomic E-state index is 11.8. The molecule has 5 heteroatoms. The number of aliphatic hydroxyl groups is 1. The summed E-state index contributed by atoms with van der Waals surface area (Å²) >= 11 is 0. The summed E-state index contributed by atoms with van der Waals surface area (Å²) in [7, 11) is 1.67.